The molecule has 4 aromatic rings. The lowest BCUT2D eigenvalue weighted by Crippen LogP contribution is -2.34. The first kappa shape index (κ1) is 37.7. The first-order valence-electron chi connectivity index (χ1n) is 19.4. The average Bonchev–Trinajstić information content (AvgIpc) is 3.94. The monoisotopic (exact) mass is 786 g/mol. The van der Waals surface area contributed by atoms with Crippen LogP contribution >= 0.6 is 23.2 Å². The number of hydrogen-bond acceptors (Lipinski definition) is 7. The van der Waals surface area contributed by atoms with Crippen molar-refractivity contribution in [2.75, 3.05) is 36.8 Å². The van der Waals surface area contributed by atoms with Gasteiger partial charge < -0.3 is 24.9 Å². The molecule has 0 spiro atoms. The smallest absolute Gasteiger partial charge is 0.303 e. The van der Waals surface area contributed by atoms with Crippen LogP contribution < -0.4 is 10.6 Å². The number of benzene rings is 2. The van der Waals surface area contributed by atoms with Crippen LogP contribution in [-0.2, 0) is 44.8 Å². The molecule has 2 saturated carbocycles. The Balaban J connectivity index is 0.936. The largest absolute Gasteiger partial charge is 0.481 e. The highest BCUT2D eigenvalue weighted by Gasteiger charge is 2.44. The van der Waals surface area contributed by atoms with Gasteiger partial charge in [-0.15, -0.1) is 0 Å². The van der Waals surface area contributed by atoms with Gasteiger partial charge in [0.2, 0.25) is 0 Å². The van der Waals surface area contributed by atoms with Crippen molar-refractivity contribution in [2.24, 2.45) is 25.4 Å². The van der Waals surface area contributed by atoms with E-state index >= 15 is 0 Å². The van der Waals surface area contributed by atoms with Crippen LogP contribution in [0.3, 0.4) is 0 Å². The van der Waals surface area contributed by atoms with Gasteiger partial charge in [0.15, 0.2) is 11.6 Å². The third kappa shape index (κ3) is 7.54. The lowest BCUT2D eigenvalue weighted by Gasteiger charge is -2.32. The number of carbonyl (C=O) groups is 3. The van der Waals surface area contributed by atoms with Crippen LogP contribution in [0.1, 0.15) is 95.4 Å². The minimum absolute atomic E-state index is 0.120. The fourth-order valence-electron chi connectivity index (χ4n) is 9.49. The molecule has 8 rings (SSSR count). The Kier molecular flexibility index (Phi) is 10.5. The van der Waals surface area contributed by atoms with Crippen LogP contribution in [0, 0.1) is 11.3 Å². The van der Waals surface area contributed by atoms with Crippen molar-refractivity contribution < 1.29 is 19.5 Å². The fraction of sp³-hybridized carbons (Fsp3) is 0.488. The maximum Gasteiger partial charge on any atom is 0.303 e. The summed E-state index contributed by atoms with van der Waals surface area (Å²) in [6, 6.07) is 10.7. The molecule has 2 aliphatic heterocycles. The molecular weight excluding hydrogens is 739 g/mol. The molecule has 2 amide bonds. The van der Waals surface area contributed by atoms with E-state index in [4.69, 9.17) is 33.3 Å². The maximum absolute atomic E-state index is 13.7. The molecule has 2 aromatic carbocycles. The second-order valence-electron chi connectivity index (χ2n) is 16.0. The van der Waals surface area contributed by atoms with E-state index in [0.29, 0.717) is 69.7 Å². The molecule has 290 valence electrons. The van der Waals surface area contributed by atoms with Gasteiger partial charge in [-0.05, 0) is 81.5 Å². The number of imidazole rings is 2. The number of amides is 2. The SMILES string of the molecule is Cn1c(C(=O)Nc2cccc(-c3cccc(NC(=O)c4nc5c(n4C)CCN(CCC46CCC(CC4)C6)C5)c3Cl)c2Cl)nc2c1CCN(CCCC(=O)O)C2. The number of carboxylic acid groups (broad SMARTS) is 1. The van der Waals surface area contributed by atoms with E-state index < -0.39 is 11.9 Å². The zero-order valence-corrected chi connectivity index (χ0v) is 33.0. The van der Waals surface area contributed by atoms with Crippen LogP contribution in [0.5, 0.6) is 0 Å². The number of fused-ring (bicyclic) bond motifs is 4. The number of aliphatic carboxylic acids is 1. The third-order valence-corrected chi connectivity index (χ3v) is 13.4. The van der Waals surface area contributed by atoms with Crippen LogP contribution in [0.25, 0.3) is 11.1 Å². The Labute approximate surface area is 331 Å². The van der Waals surface area contributed by atoms with Crippen molar-refractivity contribution >= 4 is 52.4 Å². The van der Waals surface area contributed by atoms with E-state index in [2.05, 4.69) is 25.4 Å². The number of carbonyl (C=O) groups excluding carboxylic acids is 2. The number of hydrogen-bond donors (Lipinski definition) is 3. The molecule has 2 aliphatic carbocycles. The first-order chi connectivity index (χ1) is 26.5. The fourth-order valence-corrected chi connectivity index (χ4v) is 10.0. The normalized spacial score (nSPS) is 20.7. The topological polar surface area (TPSA) is 138 Å². The van der Waals surface area contributed by atoms with E-state index in [9.17, 15) is 14.4 Å². The molecule has 2 aromatic heterocycles. The molecule has 0 saturated heterocycles. The number of carboxylic acids is 1. The van der Waals surface area contributed by atoms with Gasteiger partial charge in [-0.3, -0.25) is 24.2 Å². The van der Waals surface area contributed by atoms with Crippen molar-refractivity contribution in [3.8, 4) is 11.1 Å². The number of aromatic nitrogens is 4. The summed E-state index contributed by atoms with van der Waals surface area (Å²) in [6.45, 7) is 4.80. The Morgan fingerprint density at radius 2 is 1.31 bits per heavy atom. The highest BCUT2D eigenvalue weighted by Crippen LogP contribution is 2.56. The minimum atomic E-state index is -0.806. The molecule has 4 aliphatic rings. The van der Waals surface area contributed by atoms with Crippen molar-refractivity contribution in [3.63, 3.8) is 0 Å². The van der Waals surface area contributed by atoms with Gasteiger partial charge in [0.05, 0.1) is 32.8 Å². The summed E-state index contributed by atoms with van der Waals surface area (Å²) >= 11 is 13.9. The molecular formula is C41H48Cl2N8O4. The summed E-state index contributed by atoms with van der Waals surface area (Å²) in [6.07, 6.45) is 10.5. The van der Waals surface area contributed by atoms with E-state index in [1.165, 1.54) is 38.5 Å². The lowest BCUT2D eigenvalue weighted by molar-refractivity contribution is -0.137. The highest BCUT2D eigenvalue weighted by atomic mass is 35.5. The number of anilines is 2. The summed E-state index contributed by atoms with van der Waals surface area (Å²) in [4.78, 5) is 52.4. The number of halogens is 2. The zero-order chi connectivity index (χ0) is 38.4. The lowest BCUT2D eigenvalue weighted by atomic mass is 9.81. The minimum Gasteiger partial charge on any atom is -0.481 e. The van der Waals surface area contributed by atoms with Crippen molar-refractivity contribution in [1.29, 1.82) is 0 Å². The van der Waals surface area contributed by atoms with Gasteiger partial charge in [-0.25, -0.2) is 9.97 Å². The molecule has 4 heterocycles. The summed E-state index contributed by atoms with van der Waals surface area (Å²) < 4.78 is 3.73. The van der Waals surface area contributed by atoms with E-state index in [-0.39, 0.29) is 18.2 Å². The summed E-state index contributed by atoms with van der Waals surface area (Å²) in [7, 11) is 3.73. The Morgan fingerprint density at radius 1 is 0.800 bits per heavy atom. The van der Waals surface area contributed by atoms with Crippen LogP contribution in [0.4, 0.5) is 11.4 Å². The van der Waals surface area contributed by atoms with Gasteiger partial charge in [0, 0.05) is 82.1 Å². The number of nitrogens with zero attached hydrogens (tertiary/aromatic N) is 6. The second-order valence-corrected chi connectivity index (χ2v) is 16.7. The van der Waals surface area contributed by atoms with Crippen molar-refractivity contribution in [3.05, 3.63) is 80.9 Å². The van der Waals surface area contributed by atoms with Gasteiger partial charge in [0.25, 0.3) is 11.8 Å². The third-order valence-electron chi connectivity index (χ3n) is 12.6. The summed E-state index contributed by atoms with van der Waals surface area (Å²) in [5.74, 6) is 0.0301. The quantitative estimate of drug-likeness (QED) is 0.137. The first-order valence-corrected chi connectivity index (χ1v) is 20.2. The molecule has 55 heavy (non-hydrogen) atoms. The van der Waals surface area contributed by atoms with Gasteiger partial charge in [0.1, 0.15) is 0 Å². The Bertz CT molecular complexity index is 2150. The zero-order valence-electron chi connectivity index (χ0n) is 31.5. The van der Waals surface area contributed by atoms with Crippen molar-refractivity contribution in [1.82, 2.24) is 28.9 Å². The average molecular weight is 788 g/mol. The van der Waals surface area contributed by atoms with Crippen molar-refractivity contribution in [2.45, 2.75) is 77.3 Å². The number of nitrogens with one attached hydrogen (secondary N) is 2. The van der Waals surface area contributed by atoms with Gasteiger partial charge in [-0.2, -0.15) is 0 Å². The van der Waals surface area contributed by atoms with Crippen LogP contribution in [-0.4, -0.2) is 78.0 Å². The predicted octanol–water partition coefficient (Wildman–Crippen LogP) is 7.18. The van der Waals surface area contributed by atoms with Crippen LogP contribution in [0.2, 0.25) is 10.0 Å². The summed E-state index contributed by atoms with van der Waals surface area (Å²) in [5, 5.41) is 15.5. The van der Waals surface area contributed by atoms with E-state index in [1.807, 2.05) is 35.4 Å². The Morgan fingerprint density at radius 3 is 1.78 bits per heavy atom. The van der Waals surface area contributed by atoms with Gasteiger partial charge in [-0.1, -0.05) is 47.5 Å². The molecule has 2 fully saturated rings. The summed E-state index contributed by atoms with van der Waals surface area (Å²) in [5.41, 5.74) is 6.45. The molecule has 14 heteroatoms. The second kappa shape index (κ2) is 15.4. The molecule has 0 unspecified atom stereocenters. The molecule has 2 bridgehead atoms. The highest BCUT2D eigenvalue weighted by molar-refractivity contribution is 6.40. The van der Waals surface area contributed by atoms with E-state index in [1.54, 1.807) is 24.3 Å². The standard InChI is InChI=1S/C41H48Cl2N8O4/c1-48-32-13-19-50(18-5-10-34(52)53)23-30(32)44-37(48)39(54)46-28-8-3-6-26(35(28)42)27-7-4-9-29(36(27)43)47-40(55)38-45-31-24-51(20-14-33(31)49(38)2)21-17-41-15-11-25(22-41)12-16-41/h3-4,6-9,25H,5,10-24H2,1-2H3,(H,46,54)(H,47,55)(H,52,53). The maximum atomic E-state index is 13.7. The van der Waals surface area contributed by atoms with Crippen LogP contribution in [0.15, 0.2) is 36.4 Å². The Hall–Kier alpha value is -4.23. The predicted molar refractivity (Wildman–Crippen MR) is 213 cm³/mol. The molecule has 0 radical (unpaired) electrons. The molecule has 0 atom stereocenters. The molecule has 12 nitrogen and oxygen atoms in total. The van der Waals surface area contributed by atoms with Gasteiger partial charge >= 0.3 is 5.97 Å². The van der Waals surface area contributed by atoms with E-state index in [0.717, 1.165) is 61.3 Å². The number of rotatable bonds is 12. The molecule has 3 N–H and O–H groups in total.